The predicted molar refractivity (Wildman–Crippen MR) is 71.6 cm³/mol. The highest BCUT2D eigenvalue weighted by atomic mass is 79.9. The molecule has 8 nitrogen and oxygen atoms in total. The van der Waals surface area contributed by atoms with Crippen LogP contribution in [0.25, 0.3) is 0 Å². The number of aliphatic hydroxyl groups excluding tert-OH is 1. The van der Waals surface area contributed by atoms with E-state index in [2.05, 4.69) is 15.9 Å². The van der Waals surface area contributed by atoms with E-state index in [1.54, 1.807) is 0 Å². The van der Waals surface area contributed by atoms with E-state index in [0.29, 0.717) is 0 Å². The highest BCUT2D eigenvalue weighted by Crippen LogP contribution is 2.46. The second-order valence-corrected chi connectivity index (χ2v) is 6.45. The standard InChI is InChI=1S/C12H17BrO8/c1-5(14)8(17)9-11(19,6(2)15)12(20,7(3)16)10(13,18)4-21-9/h8-9,17-20H,4H2,1-3H3/t8?,9-,10-,11-,12-/m1/s1. The highest BCUT2D eigenvalue weighted by Gasteiger charge is 2.74. The number of hydrogen-bond donors (Lipinski definition) is 4. The lowest BCUT2D eigenvalue weighted by molar-refractivity contribution is -0.289. The maximum Gasteiger partial charge on any atom is 0.202 e. The summed E-state index contributed by atoms with van der Waals surface area (Å²) in [5, 5.41) is 41.1. The molecule has 0 bridgehead atoms. The molecule has 0 radical (unpaired) electrons. The van der Waals surface area contributed by atoms with Gasteiger partial charge in [0.2, 0.25) is 5.60 Å². The van der Waals surface area contributed by atoms with Crippen LogP contribution in [0, 0.1) is 0 Å². The van der Waals surface area contributed by atoms with Crippen LogP contribution in [-0.2, 0) is 19.1 Å². The van der Waals surface area contributed by atoms with Crippen molar-refractivity contribution >= 4 is 33.3 Å². The third kappa shape index (κ3) is 2.37. The van der Waals surface area contributed by atoms with Crippen LogP contribution in [0.3, 0.4) is 0 Å². The van der Waals surface area contributed by atoms with Crippen molar-refractivity contribution in [3.8, 4) is 0 Å². The Balaban J connectivity index is 3.59. The lowest BCUT2D eigenvalue weighted by Crippen LogP contribution is -2.82. The van der Waals surface area contributed by atoms with Crippen molar-refractivity contribution in [1.82, 2.24) is 0 Å². The summed E-state index contributed by atoms with van der Waals surface area (Å²) in [6.45, 7) is 1.93. The van der Waals surface area contributed by atoms with Gasteiger partial charge in [0, 0.05) is 0 Å². The molecule has 0 aromatic heterocycles. The van der Waals surface area contributed by atoms with Crippen molar-refractivity contribution in [2.75, 3.05) is 6.61 Å². The van der Waals surface area contributed by atoms with Crippen molar-refractivity contribution < 1.29 is 39.5 Å². The van der Waals surface area contributed by atoms with E-state index in [-0.39, 0.29) is 0 Å². The summed E-state index contributed by atoms with van der Waals surface area (Å²) in [6.07, 6.45) is -3.87. The monoisotopic (exact) mass is 368 g/mol. The number of carbonyl (C=O) groups excluding carboxylic acids is 3. The number of aliphatic hydroxyl groups is 4. The Kier molecular flexibility index (Phi) is 4.79. The molecule has 0 amide bonds. The second-order valence-electron chi connectivity index (χ2n) is 5.14. The molecule has 21 heavy (non-hydrogen) atoms. The van der Waals surface area contributed by atoms with Crippen LogP contribution >= 0.6 is 15.9 Å². The van der Waals surface area contributed by atoms with E-state index >= 15 is 0 Å². The highest BCUT2D eigenvalue weighted by molar-refractivity contribution is 9.10. The zero-order valence-electron chi connectivity index (χ0n) is 11.7. The number of ether oxygens (including phenoxy) is 1. The normalized spacial score (nSPS) is 41.4. The molecule has 0 aromatic rings. The fourth-order valence-electron chi connectivity index (χ4n) is 2.45. The van der Waals surface area contributed by atoms with E-state index in [1.807, 2.05) is 0 Å². The van der Waals surface area contributed by atoms with Gasteiger partial charge in [0.1, 0.15) is 12.2 Å². The molecule has 0 aliphatic carbocycles. The summed E-state index contributed by atoms with van der Waals surface area (Å²) < 4.78 is 2.52. The van der Waals surface area contributed by atoms with Crippen molar-refractivity contribution in [2.45, 2.75) is 48.7 Å². The Hall–Kier alpha value is -0.710. The van der Waals surface area contributed by atoms with E-state index in [9.17, 15) is 34.8 Å². The van der Waals surface area contributed by atoms with Crippen molar-refractivity contribution in [2.24, 2.45) is 0 Å². The van der Waals surface area contributed by atoms with Crippen molar-refractivity contribution in [3.63, 3.8) is 0 Å². The number of ketones is 3. The fraction of sp³-hybridized carbons (Fsp3) is 0.750. The Morgan fingerprint density at radius 2 is 1.62 bits per heavy atom. The zero-order valence-corrected chi connectivity index (χ0v) is 13.2. The molecule has 1 heterocycles. The minimum absolute atomic E-state index is 0.742. The lowest BCUT2D eigenvalue weighted by Gasteiger charge is -2.54. The molecule has 0 spiro atoms. The van der Waals surface area contributed by atoms with Gasteiger partial charge in [0.15, 0.2) is 27.5 Å². The van der Waals surface area contributed by atoms with E-state index in [0.717, 1.165) is 20.8 Å². The molecule has 1 rings (SSSR count). The largest absolute Gasteiger partial charge is 0.382 e. The summed E-state index contributed by atoms with van der Waals surface area (Å²) in [4.78, 5) is 35.0. The Morgan fingerprint density at radius 1 is 1.14 bits per heavy atom. The second kappa shape index (κ2) is 5.49. The summed E-state index contributed by atoms with van der Waals surface area (Å²) in [7, 11) is 0. The van der Waals surface area contributed by atoms with Gasteiger partial charge in [-0.3, -0.25) is 14.4 Å². The molecule has 5 atom stereocenters. The molecule has 120 valence electrons. The first-order chi connectivity index (χ1) is 9.34. The van der Waals surface area contributed by atoms with Crippen LogP contribution in [-0.4, -0.2) is 72.3 Å². The molecule has 1 aliphatic heterocycles. The quantitative estimate of drug-likeness (QED) is 0.420. The Morgan fingerprint density at radius 3 is 1.95 bits per heavy atom. The smallest absolute Gasteiger partial charge is 0.202 e. The van der Waals surface area contributed by atoms with E-state index in [1.165, 1.54) is 0 Å². The first-order valence-electron chi connectivity index (χ1n) is 6.02. The van der Waals surface area contributed by atoms with E-state index in [4.69, 9.17) is 4.74 Å². The summed E-state index contributed by atoms with van der Waals surface area (Å²) >= 11 is 2.65. The number of alkyl halides is 1. The molecule has 4 N–H and O–H groups in total. The minimum Gasteiger partial charge on any atom is -0.382 e. The van der Waals surface area contributed by atoms with E-state index < -0.39 is 51.9 Å². The van der Waals surface area contributed by atoms with Gasteiger partial charge in [-0.25, -0.2) is 0 Å². The number of carbonyl (C=O) groups is 3. The zero-order chi connectivity index (χ0) is 16.8. The van der Waals surface area contributed by atoms with Gasteiger partial charge in [0.25, 0.3) is 0 Å². The van der Waals surface area contributed by atoms with Crippen LogP contribution < -0.4 is 0 Å². The van der Waals surface area contributed by atoms with Crippen molar-refractivity contribution in [3.05, 3.63) is 0 Å². The van der Waals surface area contributed by atoms with Crippen LogP contribution in [0.15, 0.2) is 0 Å². The summed E-state index contributed by atoms with van der Waals surface area (Å²) in [5.74, 6) is -3.13. The first kappa shape index (κ1) is 18.3. The molecule has 1 saturated heterocycles. The topological polar surface area (TPSA) is 141 Å². The molecule has 1 aliphatic rings. The van der Waals surface area contributed by atoms with Crippen LogP contribution in [0.1, 0.15) is 20.8 Å². The van der Waals surface area contributed by atoms with Gasteiger partial charge in [0.05, 0.1) is 6.61 Å². The van der Waals surface area contributed by atoms with Gasteiger partial charge < -0.3 is 25.2 Å². The van der Waals surface area contributed by atoms with Crippen molar-refractivity contribution in [1.29, 1.82) is 0 Å². The van der Waals surface area contributed by atoms with Gasteiger partial charge in [-0.05, 0) is 36.7 Å². The third-order valence-corrected chi connectivity index (χ3v) is 4.52. The number of hydrogen-bond acceptors (Lipinski definition) is 8. The van der Waals surface area contributed by atoms with Gasteiger partial charge >= 0.3 is 0 Å². The number of halogens is 1. The van der Waals surface area contributed by atoms with Crippen LogP contribution in [0.4, 0.5) is 0 Å². The van der Waals surface area contributed by atoms with Gasteiger partial charge in [-0.15, -0.1) is 0 Å². The lowest BCUT2D eigenvalue weighted by atomic mass is 9.67. The Labute approximate surface area is 128 Å². The minimum atomic E-state index is -3.01. The van der Waals surface area contributed by atoms with Gasteiger partial charge in [-0.1, -0.05) is 0 Å². The number of Topliss-reactive ketones (excluding diaryl/α,β-unsaturated/α-hetero) is 3. The molecule has 1 fully saturated rings. The SMILES string of the molecule is CC(=O)C(O)[C@H]1OC[C@](O)(Br)[C@](O)(C(C)=O)[C@@]1(O)C(C)=O. The number of rotatable bonds is 4. The molecular formula is C12H17BrO8. The van der Waals surface area contributed by atoms with Crippen LogP contribution in [0.5, 0.6) is 0 Å². The summed E-state index contributed by atoms with van der Waals surface area (Å²) in [5.41, 5.74) is -6.02. The van der Waals surface area contributed by atoms with Crippen LogP contribution in [0.2, 0.25) is 0 Å². The fourth-order valence-corrected chi connectivity index (χ4v) is 3.16. The maximum absolute atomic E-state index is 11.9. The summed E-state index contributed by atoms with van der Waals surface area (Å²) in [6, 6.07) is 0. The molecule has 0 aromatic carbocycles. The third-order valence-electron chi connectivity index (χ3n) is 3.72. The molecule has 0 saturated carbocycles. The molecular weight excluding hydrogens is 352 g/mol. The average molecular weight is 369 g/mol. The van der Waals surface area contributed by atoms with Gasteiger partial charge in [-0.2, -0.15) is 0 Å². The molecule has 1 unspecified atom stereocenters. The predicted octanol–water partition coefficient (Wildman–Crippen LogP) is -1.94. The first-order valence-corrected chi connectivity index (χ1v) is 6.81. The average Bonchev–Trinajstić information content (AvgIpc) is 2.34. The molecule has 9 heteroatoms. The Bertz CT molecular complexity index is 490. The maximum atomic E-state index is 11.9.